The monoisotopic (exact) mass is 370 g/mol. The van der Waals surface area contributed by atoms with E-state index in [-0.39, 0.29) is 35.5 Å². The highest BCUT2D eigenvalue weighted by atomic mass is 79.9. The second-order valence-corrected chi connectivity index (χ2v) is 7.85. The molecule has 6 atom stereocenters. The summed E-state index contributed by atoms with van der Waals surface area (Å²) in [5.41, 5.74) is 0.868. The maximum absolute atomic E-state index is 12.7. The third kappa shape index (κ3) is 1.86. The smallest absolute Gasteiger partial charge is 0.254 e. The lowest BCUT2D eigenvalue weighted by Gasteiger charge is -2.37. The largest absolute Gasteiger partial charge is 0.272 e. The molecule has 1 heterocycles. The highest BCUT2D eigenvalue weighted by Gasteiger charge is 2.67. The Balaban J connectivity index is 1.44. The molecule has 1 saturated heterocycles. The summed E-state index contributed by atoms with van der Waals surface area (Å²) in [6.45, 7) is 0. The first kappa shape index (κ1) is 13.7. The maximum atomic E-state index is 12.7. The van der Waals surface area contributed by atoms with Gasteiger partial charge in [0.15, 0.2) is 0 Å². The highest BCUT2D eigenvalue weighted by molar-refractivity contribution is 9.10. The molecular weight excluding hydrogens is 356 g/mol. The molecular formula is C18H15BrN2O2. The van der Waals surface area contributed by atoms with E-state index in [0.717, 1.165) is 15.0 Å². The molecule has 0 unspecified atom stereocenters. The van der Waals surface area contributed by atoms with Gasteiger partial charge in [-0.3, -0.25) is 9.59 Å². The van der Waals surface area contributed by atoms with E-state index in [0.29, 0.717) is 11.8 Å². The van der Waals surface area contributed by atoms with Gasteiger partial charge in [0.2, 0.25) is 0 Å². The number of nitrogens with zero attached hydrogens (tertiary/aromatic N) is 2. The van der Waals surface area contributed by atoms with E-state index in [1.165, 1.54) is 6.42 Å². The minimum Gasteiger partial charge on any atom is -0.272 e. The van der Waals surface area contributed by atoms with Crippen molar-refractivity contribution in [2.75, 3.05) is 0 Å². The fraction of sp³-hybridized carbons (Fsp3) is 0.389. The standard InChI is InChI=1S/C18H15BrN2O2/c19-10-3-1-9(2-4-10)8-20-21-17(22)15-11-5-6-12(14-7-13(11)14)16(15)18(21)23/h1-6,8,11-16H,7H2/b20-8+/t11-,12-,13-,14-,15-,16+/m1/s1. The van der Waals surface area contributed by atoms with Gasteiger partial charge < -0.3 is 0 Å². The Morgan fingerprint density at radius 3 is 2.13 bits per heavy atom. The van der Waals surface area contributed by atoms with Gasteiger partial charge in [-0.05, 0) is 47.8 Å². The first-order chi connectivity index (χ1) is 11.1. The van der Waals surface area contributed by atoms with E-state index in [1.807, 2.05) is 24.3 Å². The van der Waals surface area contributed by atoms with Gasteiger partial charge in [-0.25, -0.2) is 0 Å². The van der Waals surface area contributed by atoms with Gasteiger partial charge in [0.1, 0.15) is 0 Å². The molecule has 23 heavy (non-hydrogen) atoms. The van der Waals surface area contributed by atoms with Crippen LogP contribution in [0.25, 0.3) is 0 Å². The van der Waals surface area contributed by atoms with Crippen LogP contribution in [0.2, 0.25) is 0 Å². The second-order valence-electron chi connectivity index (χ2n) is 6.94. The summed E-state index contributed by atoms with van der Waals surface area (Å²) in [6.07, 6.45) is 7.12. The molecule has 2 saturated carbocycles. The van der Waals surface area contributed by atoms with Crippen molar-refractivity contribution in [3.63, 3.8) is 0 Å². The fourth-order valence-electron chi connectivity index (χ4n) is 4.73. The van der Waals surface area contributed by atoms with Gasteiger partial charge in [0, 0.05) is 4.47 Å². The Hall–Kier alpha value is -1.75. The molecule has 4 aliphatic carbocycles. The normalized spacial score (nSPS) is 40.0. The highest BCUT2D eigenvalue weighted by Crippen LogP contribution is 2.65. The number of rotatable bonds is 2. The Kier molecular flexibility index (Phi) is 2.75. The first-order valence-electron chi connectivity index (χ1n) is 8.01. The average Bonchev–Trinajstić information content (AvgIpc) is 3.33. The molecule has 0 aromatic heterocycles. The third-order valence-electron chi connectivity index (χ3n) is 5.83. The number of amides is 2. The van der Waals surface area contributed by atoms with Crippen molar-refractivity contribution in [2.24, 2.45) is 40.6 Å². The molecule has 3 fully saturated rings. The lowest BCUT2D eigenvalue weighted by atomic mass is 9.63. The number of allylic oxidation sites excluding steroid dienone is 2. The summed E-state index contributed by atoms with van der Waals surface area (Å²) in [5, 5.41) is 5.33. The molecule has 2 amide bonds. The molecule has 1 aliphatic heterocycles. The van der Waals surface area contributed by atoms with E-state index >= 15 is 0 Å². The minimum absolute atomic E-state index is 0.113. The van der Waals surface area contributed by atoms with Crippen LogP contribution in [-0.4, -0.2) is 23.0 Å². The molecule has 116 valence electrons. The van der Waals surface area contributed by atoms with Crippen LogP contribution in [0, 0.1) is 35.5 Å². The molecule has 1 aromatic carbocycles. The summed E-state index contributed by atoms with van der Waals surface area (Å²) in [7, 11) is 0. The van der Waals surface area contributed by atoms with E-state index in [4.69, 9.17) is 0 Å². The topological polar surface area (TPSA) is 49.7 Å². The van der Waals surface area contributed by atoms with Crippen molar-refractivity contribution in [3.8, 4) is 0 Å². The molecule has 0 N–H and O–H groups in total. The van der Waals surface area contributed by atoms with Crippen molar-refractivity contribution in [2.45, 2.75) is 6.42 Å². The summed E-state index contributed by atoms with van der Waals surface area (Å²) in [5.74, 6) is 1.17. The molecule has 5 heteroatoms. The molecule has 2 bridgehead atoms. The van der Waals surface area contributed by atoms with E-state index in [1.54, 1.807) is 6.21 Å². The maximum Gasteiger partial charge on any atom is 0.254 e. The summed E-state index contributed by atoms with van der Waals surface area (Å²) in [6, 6.07) is 7.61. The zero-order valence-electron chi connectivity index (χ0n) is 12.3. The van der Waals surface area contributed by atoms with Crippen LogP contribution >= 0.6 is 15.9 Å². The molecule has 4 nitrogen and oxygen atoms in total. The SMILES string of the molecule is O=C1[C@@H]2[C@@H]3C=C[C@H]([C@H]4C[C@H]34)[C@@H]2C(=O)N1/N=C/c1ccc(Br)cc1. The lowest BCUT2D eigenvalue weighted by Crippen LogP contribution is -2.40. The van der Waals surface area contributed by atoms with Crippen LogP contribution < -0.4 is 0 Å². The molecule has 6 rings (SSSR count). The van der Waals surface area contributed by atoms with Gasteiger partial charge in [-0.15, -0.1) is 0 Å². The van der Waals surface area contributed by atoms with Crippen LogP contribution in [-0.2, 0) is 9.59 Å². The van der Waals surface area contributed by atoms with Crippen molar-refractivity contribution >= 4 is 34.0 Å². The van der Waals surface area contributed by atoms with Crippen molar-refractivity contribution in [1.29, 1.82) is 0 Å². The Bertz CT molecular complexity index is 734. The Labute approximate surface area is 142 Å². The number of benzene rings is 1. The number of halogens is 1. The average molecular weight is 371 g/mol. The van der Waals surface area contributed by atoms with Crippen molar-refractivity contribution < 1.29 is 9.59 Å². The van der Waals surface area contributed by atoms with Crippen LogP contribution in [0.3, 0.4) is 0 Å². The van der Waals surface area contributed by atoms with E-state index in [9.17, 15) is 9.59 Å². The van der Waals surface area contributed by atoms with Crippen LogP contribution in [0.15, 0.2) is 46.0 Å². The minimum atomic E-state index is -0.177. The summed E-state index contributed by atoms with van der Waals surface area (Å²) < 4.78 is 0.982. The predicted molar refractivity (Wildman–Crippen MR) is 88.3 cm³/mol. The lowest BCUT2D eigenvalue weighted by molar-refractivity contribution is -0.140. The summed E-state index contributed by atoms with van der Waals surface area (Å²) in [4.78, 5) is 25.5. The molecule has 5 aliphatic rings. The third-order valence-corrected chi connectivity index (χ3v) is 6.36. The quantitative estimate of drug-likeness (QED) is 0.456. The van der Waals surface area contributed by atoms with Gasteiger partial charge in [-0.1, -0.05) is 40.2 Å². The van der Waals surface area contributed by atoms with E-state index in [2.05, 4.69) is 33.2 Å². The number of imide groups is 1. The fourth-order valence-corrected chi connectivity index (χ4v) is 4.99. The van der Waals surface area contributed by atoms with Gasteiger partial charge in [0.25, 0.3) is 11.8 Å². The van der Waals surface area contributed by atoms with Gasteiger partial charge >= 0.3 is 0 Å². The predicted octanol–water partition coefficient (Wildman–Crippen LogP) is 2.84. The van der Waals surface area contributed by atoms with E-state index < -0.39 is 0 Å². The number of hydrogen-bond acceptors (Lipinski definition) is 3. The molecule has 0 spiro atoms. The molecule has 0 radical (unpaired) electrons. The van der Waals surface area contributed by atoms with Crippen LogP contribution in [0.5, 0.6) is 0 Å². The Morgan fingerprint density at radius 1 is 1.00 bits per heavy atom. The molecule has 1 aromatic rings. The van der Waals surface area contributed by atoms with Crippen molar-refractivity contribution in [1.82, 2.24) is 5.01 Å². The Morgan fingerprint density at radius 2 is 1.57 bits per heavy atom. The van der Waals surface area contributed by atoms with Crippen molar-refractivity contribution in [3.05, 3.63) is 46.5 Å². The van der Waals surface area contributed by atoms with Gasteiger partial charge in [0.05, 0.1) is 18.1 Å². The zero-order chi connectivity index (χ0) is 15.7. The van der Waals surface area contributed by atoms with Gasteiger partial charge in [-0.2, -0.15) is 10.1 Å². The van der Waals surface area contributed by atoms with Crippen LogP contribution in [0.1, 0.15) is 12.0 Å². The second kappa shape index (κ2) is 4.63. The number of carbonyl (C=O) groups is 2. The summed E-state index contributed by atoms with van der Waals surface area (Å²) >= 11 is 3.38. The first-order valence-corrected chi connectivity index (χ1v) is 8.80. The zero-order valence-corrected chi connectivity index (χ0v) is 13.9. The number of hydrazone groups is 1. The number of carbonyl (C=O) groups excluding carboxylic acids is 2. The number of hydrogen-bond donors (Lipinski definition) is 0. The van der Waals surface area contributed by atoms with Crippen LogP contribution in [0.4, 0.5) is 0 Å².